The summed E-state index contributed by atoms with van der Waals surface area (Å²) in [5, 5.41) is 7.12. The van der Waals surface area contributed by atoms with Gasteiger partial charge in [0.2, 0.25) is 5.91 Å². The number of hydrogen-bond acceptors (Lipinski definition) is 4. The van der Waals surface area contributed by atoms with Gasteiger partial charge in [-0.1, -0.05) is 42.5 Å². The first kappa shape index (κ1) is 28.6. The van der Waals surface area contributed by atoms with Crippen LogP contribution >= 0.6 is 0 Å². The van der Waals surface area contributed by atoms with Gasteiger partial charge in [0.1, 0.15) is 0 Å². The molecule has 1 atom stereocenters. The van der Waals surface area contributed by atoms with Crippen LogP contribution in [0.3, 0.4) is 0 Å². The second-order valence-electron chi connectivity index (χ2n) is 10.6. The number of aliphatic carboxylic acids is 1. The van der Waals surface area contributed by atoms with Crippen molar-refractivity contribution >= 4 is 17.8 Å². The van der Waals surface area contributed by atoms with Gasteiger partial charge >= 0.3 is 12.1 Å². The Hall–Kier alpha value is -3.40. The van der Waals surface area contributed by atoms with Crippen LogP contribution in [0.25, 0.3) is 0 Å². The van der Waals surface area contributed by atoms with Crippen LogP contribution in [0.15, 0.2) is 54.6 Å². The topological polar surface area (TPSA) is 81.2 Å². The number of benzene rings is 2. The summed E-state index contributed by atoms with van der Waals surface area (Å²) in [5.74, 6) is -2.04. The number of amides is 2. The quantitative estimate of drug-likeness (QED) is 0.627. The molecule has 210 valence electrons. The monoisotopic (exact) mass is 545 g/mol. The molecule has 39 heavy (non-hydrogen) atoms. The fraction of sp³-hybridized carbons (Fsp3) is 0.483. The number of carbonyl (C=O) groups is 3. The van der Waals surface area contributed by atoms with Crippen LogP contribution in [0.4, 0.5) is 13.2 Å². The molecule has 3 aliphatic rings. The number of piperidine rings is 1. The van der Waals surface area contributed by atoms with E-state index in [2.05, 4.69) is 41.1 Å². The number of nitrogens with zero attached hydrogens (tertiary/aromatic N) is 3. The Kier molecular flexibility index (Phi) is 8.64. The maximum absolute atomic E-state index is 13.1. The molecule has 2 aliphatic heterocycles. The van der Waals surface area contributed by atoms with Crippen molar-refractivity contribution in [3.05, 3.63) is 71.3 Å². The molecule has 2 saturated heterocycles. The van der Waals surface area contributed by atoms with Crippen molar-refractivity contribution in [3.63, 3.8) is 0 Å². The Bertz CT molecular complexity index is 1170. The highest BCUT2D eigenvalue weighted by Crippen LogP contribution is 2.52. The van der Waals surface area contributed by atoms with E-state index in [-0.39, 0.29) is 17.2 Å². The summed E-state index contributed by atoms with van der Waals surface area (Å²) in [6.45, 7) is 5.16. The highest BCUT2D eigenvalue weighted by molar-refractivity contribution is 5.94. The van der Waals surface area contributed by atoms with Gasteiger partial charge < -0.3 is 19.8 Å². The highest BCUT2D eigenvalue weighted by atomic mass is 19.4. The molecule has 1 N–H and O–H groups in total. The fourth-order valence-electron chi connectivity index (χ4n) is 5.98. The minimum atomic E-state index is -5.08. The first-order valence-electron chi connectivity index (χ1n) is 13.2. The molecular weight excluding hydrogens is 511 g/mol. The molecule has 0 radical (unpaired) electrons. The largest absolute Gasteiger partial charge is 0.490 e. The van der Waals surface area contributed by atoms with Crippen molar-refractivity contribution in [2.24, 2.45) is 0 Å². The fourth-order valence-corrected chi connectivity index (χ4v) is 5.98. The predicted molar refractivity (Wildman–Crippen MR) is 139 cm³/mol. The number of carboxylic acid groups (broad SMARTS) is 1. The van der Waals surface area contributed by atoms with Crippen molar-refractivity contribution in [1.29, 1.82) is 0 Å². The number of rotatable bonds is 3. The van der Waals surface area contributed by atoms with Gasteiger partial charge in [-0.3, -0.25) is 9.59 Å². The van der Waals surface area contributed by atoms with E-state index in [1.807, 2.05) is 35.2 Å². The summed E-state index contributed by atoms with van der Waals surface area (Å²) in [7, 11) is 2.12. The van der Waals surface area contributed by atoms with E-state index < -0.39 is 12.1 Å². The SMILES string of the molecule is CN1CCN(C(=O)CC2CC3(CCN(C(=O)c4ccccc4)CC3)c3ccccc32)CC1.O=C(O)C(F)(F)F. The summed E-state index contributed by atoms with van der Waals surface area (Å²) in [6.07, 6.45) is -1.50. The lowest BCUT2D eigenvalue weighted by atomic mass is 9.73. The van der Waals surface area contributed by atoms with Crippen molar-refractivity contribution in [2.75, 3.05) is 46.3 Å². The lowest BCUT2D eigenvalue weighted by Crippen LogP contribution is -2.47. The molecule has 2 amide bonds. The number of likely N-dealkylation sites (tertiary alicyclic amines) is 1. The molecule has 1 unspecified atom stereocenters. The van der Waals surface area contributed by atoms with E-state index in [0.717, 1.165) is 64.1 Å². The van der Waals surface area contributed by atoms with Gasteiger partial charge in [0.05, 0.1) is 0 Å². The van der Waals surface area contributed by atoms with E-state index in [4.69, 9.17) is 9.90 Å². The van der Waals surface area contributed by atoms with Gasteiger partial charge in [0.25, 0.3) is 5.91 Å². The molecule has 0 saturated carbocycles. The number of hydrogen-bond donors (Lipinski definition) is 1. The number of carbonyl (C=O) groups excluding carboxylic acids is 2. The zero-order chi connectivity index (χ0) is 28.2. The van der Waals surface area contributed by atoms with E-state index >= 15 is 0 Å². The third-order valence-corrected chi connectivity index (χ3v) is 8.16. The minimum Gasteiger partial charge on any atom is -0.475 e. The van der Waals surface area contributed by atoms with E-state index in [1.165, 1.54) is 11.1 Å². The third-order valence-electron chi connectivity index (χ3n) is 8.16. The standard InChI is InChI=1S/C27H33N3O2.C2HF3O2/c1-28-15-17-29(18-16-28)25(31)19-22-20-27(24-10-6-5-9-23(22)24)11-13-30(14-12-27)26(32)21-7-3-2-4-8-21;3-2(4,5)1(6)7/h2-10,22H,11-20H2,1H3;(H,6,7). The lowest BCUT2D eigenvalue weighted by molar-refractivity contribution is -0.192. The van der Waals surface area contributed by atoms with Crippen molar-refractivity contribution < 1.29 is 32.7 Å². The molecule has 1 spiro atoms. The van der Waals surface area contributed by atoms with Crippen LogP contribution < -0.4 is 0 Å². The summed E-state index contributed by atoms with van der Waals surface area (Å²) in [5.41, 5.74) is 3.64. The molecule has 2 fully saturated rings. The van der Waals surface area contributed by atoms with Crippen LogP contribution in [0.1, 0.15) is 53.1 Å². The first-order chi connectivity index (χ1) is 18.5. The first-order valence-corrected chi connectivity index (χ1v) is 13.2. The van der Waals surface area contributed by atoms with E-state index in [1.54, 1.807) is 0 Å². The number of fused-ring (bicyclic) bond motifs is 2. The molecule has 5 rings (SSSR count). The summed E-state index contributed by atoms with van der Waals surface area (Å²) >= 11 is 0. The van der Waals surface area contributed by atoms with Crippen LogP contribution in [-0.4, -0.2) is 90.1 Å². The minimum absolute atomic E-state index is 0.0944. The number of halogens is 3. The Balaban J connectivity index is 0.000000448. The van der Waals surface area contributed by atoms with E-state index in [0.29, 0.717) is 12.3 Å². The van der Waals surface area contributed by atoms with E-state index in [9.17, 15) is 22.8 Å². The highest BCUT2D eigenvalue weighted by Gasteiger charge is 2.46. The summed E-state index contributed by atoms with van der Waals surface area (Å²) < 4.78 is 31.7. The molecule has 10 heteroatoms. The molecule has 7 nitrogen and oxygen atoms in total. The molecule has 2 aromatic carbocycles. The number of alkyl halides is 3. The van der Waals surface area contributed by atoms with Crippen LogP contribution in [0.2, 0.25) is 0 Å². The second-order valence-corrected chi connectivity index (χ2v) is 10.6. The average molecular weight is 546 g/mol. The number of carboxylic acids is 1. The van der Waals surface area contributed by atoms with Gasteiger partial charge in [0.15, 0.2) is 0 Å². The number of piperazine rings is 1. The van der Waals surface area contributed by atoms with Gasteiger partial charge in [-0.05, 0) is 60.9 Å². The maximum Gasteiger partial charge on any atom is 0.490 e. The Morgan fingerprint density at radius 2 is 1.44 bits per heavy atom. The van der Waals surface area contributed by atoms with Crippen molar-refractivity contribution in [1.82, 2.24) is 14.7 Å². The van der Waals surface area contributed by atoms with Crippen LogP contribution in [0.5, 0.6) is 0 Å². The molecule has 2 aromatic rings. The summed E-state index contributed by atoms with van der Waals surface area (Å²) in [4.78, 5) is 41.3. The van der Waals surface area contributed by atoms with Gasteiger partial charge in [-0.25, -0.2) is 4.79 Å². The molecule has 2 heterocycles. The van der Waals surface area contributed by atoms with Crippen molar-refractivity contribution in [3.8, 4) is 0 Å². The van der Waals surface area contributed by atoms with Crippen LogP contribution in [-0.2, 0) is 15.0 Å². The van der Waals surface area contributed by atoms with Gasteiger partial charge in [-0.15, -0.1) is 0 Å². The smallest absolute Gasteiger partial charge is 0.475 e. The Labute approximate surface area is 226 Å². The maximum atomic E-state index is 13.1. The Morgan fingerprint density at radius 3 is 2.03 bits per heavy atom. The zero-order valence-electron chi connectivity index (χ0n) is 22.0. The average Bonchev–Trinajstić information content (AvgIpc) is 3.22. The molecule has 1 aliphatic carbocycles. The van der Waals surface area contributed by atoms with Gasteiger partial charge in [0, 0.05) is 51.3 Å². The number of likely N-dealkylation sites (N-methyl/N-ethyl adjacent to an activating group) is 1. The third kappa shape index (κ3) is 6.61. The lowest BCUT2D eigenvalue weighted by Gasteiger charge is -2.40. The van der Waals surface area contributed by atoms with Gasteiger partial charge in [-0.2, -0.15) is 13.2 Å². The van der Waals surface area contributed by atoms with Crippen molar-refractivity contribution in [2.45, 2.75) is 43.2 Å². The normalized spacial score (nSPS) is 20.7. The van der Waals surface area contributed by atoms with Crippen LogP contribution in [0, 0.1) is 0 Å². The summed E-state index contributed by atoms with van der Waals surface area (Å²) in [6, 6.07) is 18.3. The molecular formula is C29H34F3N3O4. The molecule has 0 aromatic heterocycles. The zero-order valence-corrected chi connectivity index (χ0v) is 22.0. The Morgan fingerprint density at radius 1 is 0.872 bits per heavy atom. The second kappa shape index (κ2) is 11.8. The molecule has 0 bridgehead atoms. The predicted octanol–water partition coefficient (Wildman–Crippen LogP) is 4.15.